The average molecular weight is 324 g/mol. The van der Waals surface area contributed by atoms with Crippen LogP contribution in [0.15, 0.2) is 40.3 Å². The summed E-state index contributed by atoms with van der Waals surface area (Å²) >= 11 is 0. The molecule has 2 aromatic rings. The van der Waals surface area contributed by atoms with Crippen molar-refractivity contribution >= 4 is 11.3 Å². The van der Waals surface area contributed by atoms with Gasteiger partial charge in [-0.1, -0.05) is 6.07 Å². The van der Waals surface area contributed by atoms with Crippen molar-refractivity contribution in [1.29, 1.82) is 10.7 Å². The molecular weight excluding hydrogens is 308 g/mol. The molecule has 0 atom stereocenters. The van der Waals surface area contributed by atoms with Crippen LogP contribution >= 0.6 is 0 Å². The van der Waals surface area contributed by atoms with Gasteiger partial charge in [0, 0.05) is 0 Å². The summed E-state index contributed by atoms with van der Waals surface area (Å²) < 4.78 is 10.6. The fraction of sp³-hybridized carbons (Fsp3) is 0.222. The normalized spacial score (nSPS) is 14.9. The molecule has 3 rings (SSSR count). The third kappa shape index (κ3) is 2.95. The zero-order valence-corrected chi connectivity index (χ0v) is 12.9. The van der Waals surface area contributed by atoms with Gasteiger partial charge in [-0.05, 0) is 53.8 Å². The third-order valence-corrected chi connectivity index (χ3v) is 4.00. The summed E-state index contributed by atoms with van der Waals surface area (Å²) in [6.45, 7) is -0.618. The number of furan rings is 1. The summed E-state index contributed by atoms with van der Waals surface area (Å²) in [5.41, 5.74) is 3.35. The number of nitrogens with zero attached hydrogens (tertiary/aromatic N) is 1. The fourth-order valence-electron chi connectivity index (χ4n) is 2.93. The van der Waals surface area contributed by atoms with Gasteiger partial charge < -0.3 is 19.4 Å². The standard InChI is InChI=1S/C18H16N2O4/c19-8-16(20)18(17-4-3-15(9-21)24-17)13-5-11-1-2-14(23-10-22)7-12(11)6-13/h1-4,7,20-22H,5-6,9-10H2/b18-13-,20-16?. The molecule has 1 heterocycles. The molecule has 0 saturated carbocycles. The first-order valence-corrected chi connectivity index (χ1v) is 7.42. The molecule has 6 nitrogen and oxygen atoms in total. The highest BCUT2D eigenvalue weighted by molar-refractivity contribution is 6.30. The maximum absolute atomic E-state index is 9.17. The highest BCUT2D eigenvalue weighted by Gasteiger charge is 2.24. The SMILES string of the molecule is N#CC(=N)/C(=C1\Cc2ccc(OCO)cc2C1)c1ccc(CO)o1. The van der Waals surface area contributed by atoms with Gasteiger partial charge in [0.1, 0.15) is 35.7 Å². The van der Waals surface area contributed by atoms with E-state index in [-0.39, 0.29) is 19.1 Å². The Hall–Kier alpha value is -2.88. The van der Waals surface area contributed by atoms with E-state index in [4.69, 9.17) is 24.8 Å². The quantitative estimate of drug-likeness (QED) is 0.577. The van der Waals surface area contributed by atoms with Crippen LogP contribution in [-0.2, 0) is 19.4 Å². The molecule has 1 aliphatic rings. The number of rotatable bonds is 5. The van der Waals surface area contributed by atoms with Crippen molar-refractivity contribution in [3.63, 3.8) is 0 Å². The second kappa shape index (κ2) is 6.71. The molecule has 0 unspecified atom stereocenters. The van der Waals surface area contributed by atoms with E-state index in [1.165, 1.54) is 0 Å². The number of nitriles is 1. The molecule has 0 saturated heterocycles. The number of allylic oxidation sites excluding steroid dienone is 2. The number of aliphatic hydroxyl groups excluding tert-OH is 2. The van der Waals surface area contributed by atoms with Crippen LogP contribution in [0.3, 0.4) is 0 Å². The van der Waals surface area contributed by atoms with Crippen LogP contribution in [0, 0.1) is 16.7 Å². The Kier molecular flexibility index (Phi) is 4.47. The summed E-state index contributed by atoms with van der Waals surface area (Å²) in [6, 6.07) is 10.7. The van der Waals surface area contributed by atoms with Crippen molar-refractivity contribution in [2.75, 3.05) is 6.79 Å². The minimum Gasteiger partial charge on any atom is -0.468 e. The fourth-order valence-corrected chi connectivity index (χ4v) is 2.93. The predicted octanol–water partition coefficient (Wildman–Crippen LogP) is 2.20. The van der Waals surface area contributed by atoms with Crippen LogP contribution in [-0.4, -0.2) is 22.7 Å². The average Bonchev–Trinajstić information content (AvgIpc) is 3.21. The molecule has 1 aliphatic carbocycles. The van der Waals surface area contributed by atoms with E-state index in [2.05, 4.69) is 0 Å². The van der Waals surface area contributed by atoms with Gasteiger partial charge in [-0.25, -0.2) is 0 Å². The van der Waals surface area contributed by atoms with E-state index in [0.717, 1.165) is 16.7 Å². The molecule has 24 heavy (non-hydrogen) atoms. The lowest BCUT2D eigenvalue weighted by Crippen LogP contribution is -2.02. The first-order valence-electron chi connectivity index (χ1n) is 7.42. The summed E-state index contributed by atoms with van der Waals surface area (Å²) in [5.74, 6) is 1.39. The summed E-state index contributed by atoms with van der Waals surface area (Å²) in [4.78, 5) is 0. The first-order chi connectivity index (χ1) is 11.7. The second-order valence-corrected chi connectivity index (χ2v) is 5.45. The van der Waals surface area contributed by atoms with E-state index in [1.807, 2.05) is 18.2 Å². The number of hydrogen-bond acceptors (Lipinski definition) is 6. The maximum atomic E-state index is 9.17. The Morgan fingerprint density at radius 3 is 2.67 bits per heavy atom. The zero-order valence-electron chi connectivity index (χ0n) is 12.9. The molecule has 0 bridgehead atoms. The van der Waals surface area contributed by atoms with Gasteiger partial charge >= 0.3 is 0 Å². The Bertz CT molecular complexity index is 858. The van der Waals surface area contributed by atoms with Crippen molar-refractivity contribution in [3.05, 3.63) is 58.6 Å². The lowest BCUT2D eigenvalue weighted by molar-refractivity contribution is 0.0985. The Morgan fingerprint density at radius 1 is 1.21 bits per heavy atom. The van der Waals surface area contributed by atoms with Crippen molar-refractivity contribution in [2.24, 2.45) is 0 Å². The number of benzene rings is 1. The molecular formula is C18H16N2O4. The molecule has 3 N–H and O–H groups in total. The molecule has 0 aliphatic heterocycles. The lowest BCUT2D eigenvalue weighted by atomic mass is 9.99. The minimum absolute atomic E-state index is 0.163. The van der Waals surface area contributed by atoms with Crippen molar-refractivity contribution in [3.8, 4) is 11.8 Å². The number of fused-ring (bicyclic) bond motifs is 1. The molecule has 0 amide bonds. The van der Waals surface area contributed by atoms with Crippen molar-refractivity contribution in [1.82, 2.24) is 0 Å². The number of hydrogen-bond donors (Lipinski definition) is 3. The van der Waals surface area contributed by atoms with Gasteiger partial charge in [-0.2, -0.15) is 5.26 Å². The van der Waals surface area contributed by atoms with E-state index in [9.17, 15) is 5.26 Å². The molecule has 122 valence electrons. The maximum Gasteiger partial charge on any atom is 0.186 e. The molecule has 0 fully saturated rings. The van der Waals surface area contributed by atoms with E-state index < -0.39 is 0 Å². The Morgan fingerprint density at radius 2 is 2.00 bits per heavy atom. The van der Waals surface area contributed by atoms with Crippen LogP contribution in [0.4, 0.5) is 0 Å². The summed E-state index contributed by atoms with van der Waals surface area (Å²) in [5, 5.41) is 35.2. The Balaban J connectivity index is 2.01. The van der Waals surface area contributed by atoms with Crippen LogP contribution in [0.5, 0.6) is 5.75 Å². The number of nitrogens with one attached hydrogen (secondary N) is 1. The second-order valence-electron chi connectivity index (χ2n) is 5.45. The van der Waals surface area contributed by atoms with Crippen molar-refractivity contribution < 1.29 is 19.4 Å². The molecule has 0 radical (unpaired) electrons. The van der Waals surface area contributed by atoms with Gasteiger partial charge in [0.25, 0.3) is 0 Å². The largest absolute Gasteiger partial charge is 0.468 e. The highest BCUT2D eigenvalue weighted by Crippen LogP contribution is 2.35. The predicted molar refractivity (Wildman–Crippen MR) is 86.5 cm³/mol. The number of ether oxygens (including phenoxy) is 1. The summed E-state index contributed by atoms with van der Waals surface area (Å²) in [7, 11) is 0. The van der Waals surface area contributed by atoms with E-state index in [1.54, 1.807) is 18.2 Å². The molecule has 0 spiro atoms. The van der Waals surface area contributed by atoms with Gasteiger partial charge in [0.15, 0.2) is 6.79 Å². The Labute approximate surface area is 138 Å². The molecule has 1 aromatic carbocycles. The van der Waals surface area contributed by atoms with Crippen molar-refractivity contribution in [2.45, 2.75) is 19.4 Å². The van der Waals surface area contributed by atoms with Gasteiger partial charge in [-0.15, -0.1) is 0 Å². The topological polar surface area (TPSA) is 110 Å². The van der Waals surface area contributed by atoms with Gasteiger partial charge in [-0.3, -0.25) is 5.41 Å². The zero-order chi connectivity index (χ0) is 17.1. The highest BCUT2D eigenvalue weighted by atomic mass is 16.6. The smallest absolute Gasteiger partial charge is 0.186 e. The van der Waals surface area contributed by atoms with E-state index in [0.29, 0.717) is 35.7 Å². The van der Waals surface area contributed by atoms with E-state index >= 15 is 0 Å². The molecule has 1 aromatic heterocycles. The van der Waals surface area contributed by atoms with Gasteiger partial charge in [0.05, 0.1) is 5.57 Å². The van der Waals surface area contributed by atoms with Crippen LogP contribution in [0.25, 0.3) is 5.57 Å². The van der Waals surface area contributed by atoms with Gasteiger partial charge in [0.2, 0.25) is 0 Å². The lowest BCUT2D eigenvalue weighted by Gasteiger charge is -2.06. The minimum atomic E-state index is -0.387. The third-order valence-electron chi connectivity index (χ3n) is 4.00. The van der Waals surface area contributed by atoms with Crippen LogP contribution in [0.2, 0.25) is 0 Å². The van der Waals surface area contributed by atoms with Crippen LogP contribution < -0.4 is 4.74 Å². The monoisotopic (exact) mass is 324 g/mol. The number of aliphatic hydroxyl groups is 2. The summed E-state index contributed by atoms with van der Waals surface area (Å²) in [6.07, 6.45) is 1.19. The molecule has 6 heteroatoms. The van der Waals surface area contributed by atoms with Crippen LogP contribution in [0.1, 0.15) is 22.6 Å². The first kappa shape index (κ1) is 16.0.